The number of nitrogens with zero attached hydrogens (tertiary/aromatic N) is 1. The van der Waals surface area contributed by atoms with Crippen molar-refractivity contribution in [2.24, 2.45) is 5.92 Å². The van der Waals surface area contributed by atoms with Gasteiger partial charge >= 0.3 is 0 Å². The van der Waals surface area contributed by atoms with Crippen molar-refractivity contribution in [2.75, 3.05) is 12.4 Å². The summed E-state index contributed by atoms with van der Waals surface area (Å²) in [4.78, 5) is 24.8. The second-order valence-corrected chi connectivity index (χ2v) is 6.50. The molecule has 2 aromatic carbocycles. The minimum atomic E-state index is -1.45. The van der Waals surface area contributed by atoms with Gasteiger partial charge in [0, 0.05) is 24.6 Å². The molecule has 1 unspecified atom stereocenters. The summed E-state index contributed by atoms with van der Waals surface area (Å²) in [5, 5.41) is 11.9. The largest absolute Gasteiger partial charge is 0.497 e. The van der Waals surface area contributed by atoms with Crippen molar-refractivity contribution in [3.63, 3.8) is 0 Å². The lowest BCUT2D eigenvalue weighted by Crippen LogP contribution is -2.28. The normalized spacial score (nSPS) is 11.4. The number of hydrogen-bond acceptors (Lipinski definition) is 5. The van der Waals surface area contributed by atoms with E-state index in [-0.39, 0.29) is 12.8 Å². The van der Waals surface area contributed by atoms with Crippen LogP contribution < -0.4 is 10.1 Å². The number of halogens is 1. The Labute approximate surface area is 172 Å². The van der Waals surface area contributed by atoms with Crippen LogP contribution in [0.4, 0.5) is 10.1 Å². The predicted octanol–water partition coefficient (Wildman–Crippen LogP) is 4.37. The third-order valence-corrected chi connectivity index (χ3v) is 4.47. The van der Waals surface area contributed by atoms with E-state index in [1.54, 1.807) is 60.7 Å². The molecule has 0 spiro atoms. The van der Waals surface area contributed by atoms with Crippen molar-refractivity contribution in [1.29, 1.82) is 5.26 Å². The lowest BCUT2D eigenvalue weighted by atomic mass is 10.00. The smallest absolute Gasteiger partial charge is 0.249 e. The molecule has 0 saturated heterocycles. The molecule has 0 saturated carbocycles. The highest BCUT2D eigenvalue weighted by atomic mass is 19.1. The Bertz CT molecular complexity index is 1100. The highest BCUT2D eigenvalue weighted by Crippen LogP contribution is 2.25. The zero-order chi connectivity index (χ0) is 21.5. The van der Waals surface area contributed by atoms with Gasteiger partial charge in [0.1, 0.15) is 23.1 Å². The van der Waals surface area contributed by atoms with Crippen LogP contribution in [0.3, 0.4) is 0 Å². The van der Waals surface area contributed by atoms with Crippen LogP contribution >= 0.6 is 0 Å². The minimum Gasteiger partial charge on any atom is -0.497 e. The quantitative estimate of drug-likeness (QED) is 0.561. The summed E-state index contributed by atoms with van der Waals surface area (Å²) >= 11 is 0. The van der Waals surface area contributed by atoms with Gasteiger partial charge in [0.25, 0.3) is 0 Å². The van der Waals surface area contributed by atoms with Gasteiger partial charge in [0.2, 0.25) is 5.91 Å². The second kappa shape index (κ2) is 9.52. The van der Waals surface area contributed by atoms with E-state index in [0.717, 1.165) is 0 Å². The molecule has 1 amide bonds. The van der Waals surface area contributed by atoms with Crippen molar-refractivity contribution in [1.82, 2.24) is 0 Å². The average molecular weight is 406 g/mol. The van der Waals surface area contributed by atoms with Crippen LogP contribution in [0.25, 0.3) is 11.3 Å². The van der Waals surface area contributed by atoms with E-state index in [9.17, 15) is 19.2 Å². The number of rotatable bonds is 8. The molecule has 0 aliphatic carbocycles. The molecule has 0 bridgehead atoms. The van der Waals surface area contributed by atoms with Crippen LogP contribution in [0.2, 0.25) is 0 Å². The number of ether oxygens (including phenoxy) is 1. The maximum absolute atomic E-state index is 13.9. The molecule has 30 heavy (non-hydrogen) atoms. The van der Waals surface area contributed by atoms with Crippen LogP contribution in [-0.2, 0) is 16.0 Å². The van der Waals surface area contributed by atoms with Crippen molar-refractivity contribution in [3.8, 4) is 23.1 Å². The van der Waals surface area contributed by atoms with Crippen LogP contribution in [0.5, 0.6) is 5.75 Å². The summed E-state index contributed by atoms with van der Waals surface area (Å²) in [7, 11) is 1.49. The van der Waals surface area contributed by atoms with Gasteiger partial charge in [-0.2, -0.15) is 5.26 Å². The number of carbonyl (C=O) groups excluding carboxylic acids is 2. The number of benzene rings is 2. The Morgan fingerprint density at radius 1 is 1.17 bits per heavy atom. The first-order valence-corrected chi connectivity index (χ1v) is 9.22. The first kappa shape index (κ1) is 20.8. The van der Waals surface area contributed by atoms with E-state index in [4.69, 9.17) is 9.15 Å². The van der Waals surface area contributed by atoms with Gasteiger partial charge in [-0.25, -0.2) is 4.39 Å². The number of hydrogen-bond donors (Lipinski definition) is 1. The van der Waals surface area contributed by atoms with Crippen LogP contribution in [0.15, 0.2) is 65.1 Å². The summed E-state index contributed by atoms with van der Waals surface area (Å²) in [6.45, 7) is 0. The molecule has 0 aliphatic heterocycles. The van der Waals surface area contributed by atoms with Gasteiger partial charge < -0.3 is 14.5 Å². The molecule has 0 radical (unpaired) electrons. The lowest BCUT2D eigenvalue weighted by molar-refractivity contribution is -0.128. The van der Waals surface area contributed by atoms with E-state index >= 15 is 0 Å². The summed E-state index contributed by atoms with van der Waals surface area (Å²) in [6.07, 6.45) is 0.131. The van der Waals surface area contributed by atoms with E-state index < -0.39 is 23.4 Å². The molecule has 3 rings (SSSR count). The van der Waals surface area contributed by atoms with Gasteiger partial charge in [-0.05, 0) is 36.4 Å². The van der Waals surface area contributed by atoms with Gasteiger partial charge in [-0.15, -0.1) is 0 Å². The molecule has 1 aromatic heterocycles. The third-order valence-electron chi connectivity index (χ3n) is 4.47. The Morgan fingerprint density at radius 3 is 2.70 bits per heavy atom. The fourth-order valence-electron chi connectivity index (χ4n) is 2.90. The number of furan rings is 1. The number of nitrogens with one attached hydrogen (secondary N) is 1. The van der Waals surface area contributed by atoms with E-state index in [1.165, 1.54) is 13.2 Å². The SMILES string of the molecule is COc1cccc(NC(=O)C(C#N)C(=O)CCc2ccc(-c3ccccc3F)o2)c1. The molecule has 3 aromatic rings. The molecule has 6 nitrogen and oxygen atoms in total. The molecule has 152 valence electrons. The van der Waals surface area contributed by atoms with Crippen molar-refractivity contribution < 1.29 is 23.1 Å². The Kier molecular flexibility index (Phi) is 6.60. The van der Waals surface area contributed by atoms with E-state index in [2.05, 4.69) is 5.32 Å². The van der Waals surface area contributed by atoms with Gasteiger partial charge in [0.15, 0.2) is 11.7 Å². The summed E-state index contributed by atoms with van der Waals surface area (Å²) in [5.74, 6) is -1.74. The number of aryl methyl sites for hydroxylation is 1. The van der Waals surface area contributed by atoms with Crippen LogP contribution in [-0.4, -0.2) is 18.8 Å². The summed E-state index contributed by atoms with van der Waals surface area (Å²) < 4.78 is 24.6. The molecule has 0 aliphatic rings. The fourth-order valence-corrected chi connectivity index (χ4v) is 2.90. The van der Waals surface area contributed by atoms with E-state index in [0.29, 0.717) is 28.5 Å². The lowest BCUT2D eigenvalue weighted by Gasteiger charge is -2.10. The molecular weight excluding hydrogens is 387 g/mol. The number of methoxy groups -OCH3 is 1. The fraction of sp³-hybridized carbons (Fsp3) is 0.174. The van der Waals surface area contributed by atoms with Gasteiger partial charge in [-0.1, -0.05) is 18.2 Å². The number of nitriles is 1. The zero-order valence-electron chi connectivity index (χ0n) is 16.2. The standard InChI is InChI=1S/C23H19FN2O4/c1-29-17-6-4-5-15(13-17)26-23(28)19(14-25)21(27)11-9-16-10-12-22(30-16)18-7-2-3-8-20(18)24/h2-8,10,12-13,19H,9,11H2,1H3,(H,26,28). The zero-order valence-corrected chi connectivity index (χ0v) is 16.2. The molecule has 7 heteroatoms. The minimum absolute atomic E-state index is 0.0615. The van der Waals surface area contributed by atoms with E-state index in [1.807, 2.05) is 0 Å². The maximum Gasteiger partial charge on any atom is 0.249 e. The Morgan fingerprint density at radius 2 is 1.97 bits per heavy atom. The molecule has 1 N–H and O–H groups in total. The number of amides is 1. The third kappa shape index (κ3) is 4.92. The van der Waals surface area contributed by atoms with Crippen LogP contribution in [0, 0.1) is 23.1 Å². The van der Waals surface area contributed by atoms with Gasteiger partial charge in [-0.3, -0.25) is 9.59 Å². The van der Waals surface area contributed by atoms with Crippen molar-refractivity contribution >= 4 is 17.4 Å². The molecular formula is C23H19FN2O4. The second-order valence-electron chi connectivity index (χ2n) is 6.50. The predicted molar refractivity (Wildman–Crippen MR) is 108 cm³/mol. The highest BCUT2D eigenvalue weighted by molar-refractivity contribution is 6.09. The molecule has 1 atom stereocenters. The van der Waals surface area contributed by atoms with Crippen molar-refractivity contribution in [2.45, 2.75) is 12.8 Å². The van der Waals surface area contributed by atoms with Crippen molar-refractivity contribution in [3.05, 3.63) is 72.2 Å². The first-order chi connectivity index (χ1) is 14.5. The maximum atomic E-state index is 13.9. The van der Waals surface area contributed by atoms with Crippen LogP contribution in [0.1, 0.15) is 12.2 Å². The molecule has 0 fully saturated rings. The Hall–Kier alpha value is -3.92. The number of Topliss-reactive ketones (excluding diaryl/α,β-unsaturated/α-hetero) is 1. The highest BCUT2D eigenvalue weighted by Gasteiger charge is 2.26. The average Bonchev–Trinajstić information content (AvgIpc) is 3.22. The monoisotopic (exact) mass is 406 g/mol. The summed E-state index contributed by atoms with van der Waals surface area (Å²) in [6, 6.07) is 17.8. The topological polar surface area (TPSA) is 92.3 Å². The summed E-state index contributed by atoms with van der Waals surface area (Å²) in [5.41, 5.74) is 0.746. The number of ketones is 1. The Balaban J connectivity index is 1.61. The number of carbonyl (C=O) groups is 2. The molecule has 1 heterocycles. The number of anilines is 1. The first-order valence-electron chi connectivity index (χ1n) is 9.22. The van der Waals surface area contributed by atoms with Gasteiger partial charge in [0.05, 0.1) is 18.7 Å².